The van der Waals surface area contributed by atoms with E-state index >= 15 is 0 Å². The lowest BCUT2D eigenvalue weighted by atomic mass is 9.89. The molecule has 4 aromatic rings. The molecule has 0 saturated carbocycles. The maximum atomic E-state index is 13.2. The van der Waals surface area contributed by atoms with Crippen LogP contribution in [0.15, 0.2) is 45.9 Å². The van der Waals surface area contributed by atoms with Crippen LogP contribution in [0.3, 0.4) is 0 Å². The number of benzene rings is 1. The van der Waals surface area contributed by atoms with Gasteiger partial charge < -0.3 is 4.42 Å². The van der Waals surface area contributed by atoms with Crippen LogP contribution in [0.25, 0.3) is 21.7 Å². The van der Waals surface area contributed by atoms with E-state index in [4.69, 9.17) is 4.42 Å². The Morgan fingerprint density at radius 3 is 2.93 bits per heavy atom. The Morgan fingerprint density at radius 1 is 1.29 bits per heavy atom. The number of hydrogen-bond acceptors (Lipinski definition) is 5. The second-order valence-electron chi connectivity index (χ2n) is 7.60. The summed E-state index contributed by atoms with van der Waals surface area (Å²) in [7, 11) is 0. The standard InChI is InChI=1S/C22H21N3O2S/c1-13-8-9-16-18(10-13)28-21-19(16)22(26)25(12-23-21)11-17-14(2)27-20(24-17)15-6-4-3-5-7-15/h3-7,12-13H,8-11H2,1-2H3. The Kier molecular flexibility index (Phi) is 4.16. The molecule has 28 heavy (non-hydrogen) atoms. The summed E-state index contributed by atoms with van der Waals surface area (Å²) in [6.45, 7) is 4.53. The van der Waals surface area contributed by atoms with Gasteiger partial charge in [-0.15, -0.1) is 11.3 Å². The molecule has 0 spiro atoms. The quantitative estimate of drug-likeness (QED) is 0.512. The molecule has 1 aliphatic rings. The van der Waals surface area contributed by atoms with Crippen molar-refractivity contribution < 1.29 is 4.42 Å². The van der Waals surface area contributed by atoms with Crippen LogP contribution >= 0.6 is 11.3 Å². The van der Waals surface area contributed by atoms with Crippen molar-refractivity contribution in [1.29, 1.82) is 0 Å². The zero-order valence-corrected chi connectivity index (χ0v) is 16.8. The molecule has 1 aliphatic carbocycles. The first-order chi connectivity index (χ1) is 13.6. The number of fused-ring (bicyclic) bond motifs is 3. The summed E-state index contributed by atoms with van der Waals surface area (Å²) in [6.07, 6.45) is 4.81. The summed E-state index contributed by atoms with van der Waals surface area (Å²) in [5.41, 5.74) is 2.94. The molecule has 6 heteroatoms. The monoisotopic (exact) mass is 391 g/mol. The lowest BCUT2D eigenvalue weighted by molar-refractivity contribution is 0.509. The van der Waals surface area contributed by atoms with Crippen molar-refractivity contribution in [3.8, 4) is 11.5 Å². The Bertz CT molecular complexity index is 1220. The molecule has 0 amide bonds. The van der Waals surface area contributed by atoms with E-state index in [1.807, 2.05) is 37.3 Å². The lowest BCUT2D eigenvalue weighted by Crippen LogP contribution is -2.22. The summed E-state index contributed by atoms with van der Waals surface area (Å²) in [4.78, 5) is 24.6. The summed E-state index contributed by atoms with van der Waals surface area (Å²) in [5.74, 6) is 1.99. The minimum Gasteiger partial charge on any atom is -0.441 e. The molecule has 3 heterocycles. The average molecular weight is 391 g/mol. The Hall–Kier alpha value is -2.73. The SMILES string of the molecule is Cc1oc(-c2ccccc2)nc1Cn1cnc2sc3c(c2c1=O)CCC(C)C3. The molecule has 0 aliphatic heterocycles. The third kappa shape index (κ3) is 2.88. The number of rotatable bonds is 3. The summed E-state index contributed by atoms with van der Waals surface area (Å²) >= 11 is 1.68. The zero-order chi connectivity index (χ0) is 19.3. The highest BCUT2D eigenvalue weighted by molar-refractivity contribution is 7.18. The van der Waals surface area contributed by atoms with E-state index in [1.54, 1.807) is 22.2 Å². The molecular weight excluding hydrogens is 370 g/mol. The van der Waals surface area contributed by atoms with Crippen LogP contribution in [0.1, 0.15) is 35.2 Å². The fourth-order valence-corrected chi connectivity index (χ4v) is 5.26. The molecule has 1 atom stereocenters. The Balaban J connectivity index is 1.54. The van der Waals surface area contributed by atoms with Crippen molar-refractivity contribution in [2.24, 2.45) is 5.92 Å². The fourth-order valence-electron chi connectivity index (χ4n) is 3.92. The number of thiophene rings is 1. The van der Waals surface area contributed by atoms with Gasteiger partial charge in [-0.2, -0.15) is 0 Å². The largest absolute Gasteiger partial charge is 0.441 e. The van der Waals surface area contributed by atoms with Crippen molar-refractivity contribution in [1.82, 2.24) is 14.5 Å². The van der Waals surface area contributed by atoms with E-state index < -0.39 is 0 Å². The number of oxazole rings is 1. The van der Waals surface area contributed by atoms with Crippen molar-refractivity contribution >= 4 is 21.6 Å². The first-order valence-corrected chi connectivity index (χ1v) is 10.4. The second-order valence-corrected chi connectivity index (χ2v) is 8.68. The third-order valence-corrected chi connectivity index (χ3v) is 6.68. The minimum atomic E-state index is 0.0284. The van der Waals surface area contributed by atoms with Crippen LogP contribution in [-0.4, -0.2) is 14.5 Å². The van der Waals surface area contributed by atoms with Gasteiger partial charge in [0.05, 0.1) is 18.3 Å². The van der Waals surface area contributed by atoms with Crippen LogP contribution in [0.4, 0.5) is 0 Å². The maximum absolute atomic E-state index is 13.2. The molecule has 142 valence electrons. The first kappa shape index (κ1) is 17.4. The van der Waals surface area contributed by atoms with Crippen LogP contribution < -0.4 is 5.56 Å². The zero-order valence-electron chi connectivity index (χ0n) is 15.9. The molecule has 1 unspecified atom stereocenters. The van der Waals surface area contributed by atoms with Gasteiger partial charge >= 0.3 is 0 Å². The van der Waals surface area contributed by atoms with Gasteiger partial charge in [-0.25, -0.2) is 9.97 Å². The average Bonchev–Trinajstić information content (AvgIpc) is 3.25. The van der Waals surface area contributed by atoms with E-state index in [1.165, 1.54) is 10.4 Å². The normalized spacial score (nSPS) is 16.4. The molecule has 0 fully saturated rings. The molecule has 0 saturated heterocycles. The molecule has 5 nitrogen and oxygen atoms in total. The molecule has 3 aromatic heterocycles. The van der Waals surface area contributed by atoms with Crippen LogP contribution in [0, 0.1) is 12.8 Å². The molecule has 5 rings (SSSR count). The van der Waals surface area contributed by atoms with Gasteiger partial charge in [-0.05, 0) is 49.8 Å². The highest BCUT2D eigenvalue weighted by Gasteiger charge is 2.23. The van der Waals surface area contributed by atoms with Crippen molar-refractivity contribution in [2.45, 2.75) is 39.7 Å². The van der Waals surface area contributed by atoms with Gasteiger partial charge in [0.1, 0.15) is 16.3 Å². The van der Waals surface area contributed by atoms with E-state index in [-0.39, 0.29) is 5.56 Å². The van der Waals surface area contributed by atoms with E-state index in [9.17, 15) is 4.79 Å². The number of aryl methyl sites for hydroxylation is 2. The van der Waals surface area contributed by atoms with Crippen LogP contribution in [0.5, 0.6) is 0 Å². The molecular formula is C22H21N3O2S. The Morgan fingerprint density at radius 2 is 2.11 bits per heavy atom. The van der Waals surface area contributed by atoms with Crippen LogP contribution in [0.2, 0.25) is 0 Å². The topological polar surface area (TPSA) is 60.9 Å². The number of hydrogen-bond donors (Lipinski definition) is 0. The minimum absolute atomic E-state index is 0.0284. The predicted molar refractivity (Wildman–Crippen MR) is 111 cm³/mol. The summed E-state index contributed by atoms with van der Waals surface area (Å²) in [5, 5.41) is 0.804. The van der Waals surface area contributed by atoms with Gasteiger partial charge in [0.25, 0.3) is 5.56 Å². The second kappa shape index (κ2) is 6.71. The van der Waals surface area contributed by atoms with Crippen molar-refractivity contribution in [3.05, 3.63) is 68.9 Å². The molecule has 1 aromatic carbocycles. The summed E-state index contributed by atoms with van der Waals surface area (Å²) in [6, 6.07) is 9.80. The molecule has 0 N–H and O–H groups in total. The number of aromatic nitrogens is 3. The van der Waals surface area contributed by atoms with Gasteiger partial charge in [0, 0.05) is 10.4 Å². The summed E-state index contributed by atoms with van der Waals surface area (Å²) < 4.78 is 7.50. The maximum Gasteiger partial charge on any atom is 0.262 e. The third-order valence-electron chi connectivity index (χ3n) is 5.52. The highest BCUT2D eigenvalue weighted by atomic mass is 32.1. The predicted octanol–water partition coefficient (Wildman–Crippen LogP) is 4.59. The molecule has 0 bridgehead atoms. The van der Waals surface area contributed by atoms with E-state index in [0.717, 1.165) is 46.5 Å². The van der Waals surface area contributed by atoms with Crippen molar-refractivity contribution in [2.75, 3.05) is 0 Å². The first-order valence-electron chi connectivity index (χ1n) is 9.61. The van der Waals surface area contributed by atoms with Gasteiger partial charge in [0.15, 0.2) is 0 Å². The van der Waals surface area contributed by atoms with Crippen molar-refractivity contribution in [3.63, 3.8) is 0 Å². The fraction of sp³-hybridized carbons (Fsp3) is 0.318. The van der Waals surface area contributed by atoms with Gasteiger partial charge in [-0.3, -0.25) is 9.36 Å². The smallest absolute Gasteiger partial charge is 0.262 e. The van der Waals surface area contributed by atoms with E-state index in [2.05, 4.69) is 16.9 Å². The highest BCUT2D eigenvalue weighted by Crippen LogP contribution is 2.35. The Labute approximate surface area is 166 Å². The number of nitrogens with zero attached hydrogens (tertiary/aromatic N) is 3. The van der Waals surface area contributed by atoms with Crippen LogP contribution in [-0.2, 0) is 19.4 Å². The van der Waals surface area contributed by atoms with Gasteiger partial charge in [-0.1, -0.05) is 25.1 Å². The van der Waals surface area contributed by atoms with E-state index in [0.29, 0.717) is 18.4 Å². The van der Waals surface area contributed by atoms with Gasteiger partial charge in [0.2, 0.25) is 5.89 Å². The lowest BCUT2D eigenvalue weighted by Gasteiger charge is -2.17. The molecule has 0 radical (unpaired) electrons.